The molecule has 3 rings (SSSR count). The fourth-order valence-corrected chi connectivity index (χ4v) is 2.71. The quantitative estimate of drug-likeness (QED) is 0.823. The molecule has 0 aliphatic carbocycles. The van der Waals surface area contributed by atoms with Crippen molar-refractivity contribution in [3.8, 4) is 0 Å². The molecule has 20 heavy (non-hydrogen) atoms. The minimum Gasteiger partial charge on any atom is -0.399 e. The van der Waals surface area contributed by atoms with Gasteiger partial charge in [0.25, 0.3) is 0 Å². The summed E-state index contributed by atoms with van der Waals surface area (Å²) < 4.78 is 14.2. The summed E-state index contributed by atoms with van der Waals surface area (Å²) in [5.41, 5.74) is 0.410. The van der Waals surface area contributed by atoms with E-state index in [1.807, 2.05) is 10.9 Å². The zero-order valence-corrected chi connectivity index (χ0v) is 12.8. The first kappa shape index (κ1) is 14.1. The van der Waals surface area contributed by atoms with E-state index in [4.69, 9.17) is 9.31 Å². The van der Waals surface area contributed by atoms with Crippen molar-refractivity contribution >= 4 is 12.6 Å². The normalized spacial score (nSPS) is 28.8. The molecule has 3 heterocycles. The Morgan fingerprint density at radius 3 is 2.60 bits per heavy atom. The first-order valence-corrected chi connectivity index (χ1v) is 7.49. The van der Waals surface area contributed by atoms with Gasteiger partial charge in [0.1, 0.15) is 0 Å². The molecule has 0 unspecified atom stereocenters. The summed E-state index contributed by atoms with van der Waals surface area (Å²) in [6, 6.07) is 0.444. The predicted octanol–water partition coefficient (Wildman–Crippen LogP) is 1.11. The van der Waals surface area contributed by atoms with Gasteiger partial charge in [-0.05, 0) is 47.1 Å². The van der Waals surface area contributed by atoms with Crippen molar-refractivity contribution in [3.63, 3.8) is 0 Å². The van der Waals surface area contributed by atoms with Crippen LogP contribution >= 0.6 is 0 Å². The summed E-state index contributed by atoms with van der Waals surface area (Å²) in [7, 11) is -0.315. The second-order valence-electron chi connectivity index (χ2n) is 6.84. The van der Waals surface area contributed by atoms with Gasteiger partial charge in [-0.25, -0.2) is 0 Å². The molecule has 5 nitrogen and oxygen atoms in total. The maximum absolute atomic E-state index is 6.06. The average Bonchev–Trinajstić information content (AvgIpc) is 2.94. The van der Waals surface area contributed by atoms with Gasteiger partial charge in [-0.2, -0.15) is 5.10 Å². The summed E-state index contributed by atoms with van der Waals surface area (Å²) in [4.78, 5) is 0. The number of nitrogens with zero attached hydrogens (tertiary/aromatic N) is 2. The number of nitrogens with one attached hydrogen (secondary N) is 1. The van der Waals surface area contributed by atoms with Crippen LogP contribution < -0.4 is 10.8 Å². The first-order chi connectivity index (χ1) is 9.39. The van der Waals surface area contributed by atoms with Crippen molar-refractivity contribution in [2.24, 2.45) is 0 Å². The maximum atomic E-state index is 6.06. The number of hydrogen-bond donors (Lipinski definition) is 1. The lowest BCUT2D eigenvalue weighted by Gasteiger charge is -2.32. The molecule has 0 aromatic carbocycles. The largest absolute Gasteiger partial charge is 0.498 e. The fraction of sp³-hybridized carbons (Fsp3) is 0.786. The van der Waals surface area contributed by atoms with Crippen LogP contribution in [0.25, 0.3) is 0 Å². The Morgan fingerprint density at radius 2 is 2.00 bits per heavy atom. The topological polar surface area (TPSA) is 48.3 Å². The Morgan fingerprint density at radius 1 is 1.30 bits per heavy atom. The van der Waals surface area contributed by atoms with Crippen molar-refractivity contribution in [1.29, 1.82) is 0 Å². The predicted molar refractivity (Wildman–Crippen MR) is 79.1 cm³/mol. The van der Waals surface area contributed by atoms with Crippen LogP contribution in [0.15, 0.2) is 12.4 Å². The molecule has 2 saturated heterocycles. The summed E-state index contributed by atoms with van der Waals surface area (Å²) in [6.45, 7) is 10.4. The molecule has 2 fully saturated rings. The van der Waals surface area contributed by atoms with Crippen LogP contribution in [0.2, 0.25) is 0 Å². The van der Waals surface area contributed by atoms with E-state index in [0.29, 0.717) is 6.04 Å². The van der Waals surface area contributed by atoms with E-state index >= 15 is 0 Å². The molecule has 1 aromatic heterocycles. The molecule has 2 aliphatic rings. The standard InChI is InChI=1S/C14H24BN3O2/c1-13(2)14(3,4)20-15(19-13)11-8-17-18(10-11)12-6-5-7-16-9-12/h8,10,12,16H,5-7,9H2,1-4H3/t12-/m0/s1. The second-order valence-corrected chi connectivity index (χ2v) is 6.84. The van der Waals surface area contributed by atoms with E-state index in [0.717, 1.165) is 18.6 Å². The second kappa shape index (κ2) is 4.86. The lowest BCUT2D eigenvalue weighted by atomic mass is 9.82. The van der Waals surface area contributed by atoms with Gasteiger partial charge in [-0.15, -0.1) is 0 Å². The molecule has 2 aliphatic heterocycles. The number of aromatic nitrogens is 2. The molecular formula is C14H24BN3O2. The minimum absolute atomic E-state index is 0.299. The van der Waals surface area contributed by atoms with E-state index in [2.05, 4.69) is 44.3 Å². The summed E-state index contributed by atoms with van der Waals surface area (Å²) in [5.74, 6) is 0. The van der Waals surface area contributed by atoms with Gasteiger partial charge < -0.3 is 14.6 Å². The average molecular weight is 277 g/mol. The van der Waals surface area contributed by atoms with Crippen LogP contribution in [0.1, 0.15) is 46.6 Å². The third-order valence-corrected chi connectivity index (χ3v) is 4.79. The Kier molecular flexibility index (Phi) is 3.43. The van der Waals surface area contributed by atoms with E-state index < -0.39 is 0 Å². The van der Waals surface area contributed by atoms with Gasteiger partial charge in [0, 0.05) is 24.4 Å². The van der Waals surface area contributed by atoms with Crippen molar-refractivity contribution in [2.45, 2.75) is 57.8 Å². The van der Waals surface area contributed by atoms with E-state index in [1.54, 1.807) is 0 Å². The van der Waals surface area contributed by atoms with Crippen molar-refractivity contribution in [1.82, 2.24) is 15.1 Å². The minimum atomic E-state index is -0.315. The van der Waals surface area contributed by atoms with Crippen LogP contribution in [-0.2, 0) is 9.31 Å². The molecule has 6 heteroatoms. The van der Waals surface area contributed by atoms with Gasteiger partial charge >= 0.3 is 7.12 Å². The number of piperidine rings is 1. The third-order valence-electron chi connectivity index (χ3n) is 4.79. The number of hydrogen-bond acceptors (Lipinski definition) is 4. The highest BCUT2D eigenvalue weighted by Crippen LogP contribution is 2.36. The first-order valence-electron chi connectivity index (χ1n) is 7.49. The molecule has 0 bridgehead atoms. The lowest BCUT2D eigenvalue weighted by molar-refractivity contribution is 0.00578. The van der Waals surface area contributed by atoms with Gasteiger partial charge in [0.15, 0.2) is 0 Å². The monoisotopic (exact) mass is 277 g/mol. The third kappa shape index (κ3) is 2.40. The van der Waals surface area contributed by atoms with Crippen LogP contribution in [0.4, 0.5) is 0 Å². The molecule has 0 saturated carbocycles. The smallest absolute Gasteiger partial charge is 0.399 e. The van der Waals surface area contributed by atoms with Crippen molar-refractivity contribution in [3.05, 3.63) is 12.4 Å². The molecule has 1 aromatic rings. The highest BCUT2D eigenvalue weighted by Gasteiger charge is 2.52. The van der Waals surface area contributed by atoms with Crippen LogP contribution in [-0.4, -0.2) is 41.2 Å². The fourth-order valence-electron chi connectivity index (χ4n) is 2.71. The van der Waals surface area contributed by atoms with Gasteiger partial charge in [0.05, 0.1) is 17.2 Å². The Labute approximate surface area is 121 Å². The molecule has 0 spiro atoms. The van der Waals surface area contributed by atoms with Gasteiger partial charge in [0.2, 0.25) is 0 Å². The van der Waals surface area contributed by atoms with E-state index in [9.17, 15) is 0 Å². The zero-order chi connectivity index (χ0) is 14.4. The zero-order valence-electron chi connectivity index (χ0n) is 12.8. The summed E-state index contributed by atoms with van der Waals surface area (Å²) in [6.07, 6.45) is 6.32. The number of rotatable bonds is 2. The highest BCUT2D eigenvalue weighted by atomic mass is 16.7. The van der Waals surface area contributed by atoms with Gasteiger partial charge in [-0.1, -0.05) is 0 Å². The highest BCUT2D eigenvalue weighted by molar-refractivity contribution is 6.61. The lowest BCUT2D eigenvalue weighted by Crippen LogP contribution is -2.41. The van der Waals surface area contributed by atoms with Gasteiger partial charge in [-0.3, -0.25) is 4.68 Å². The molecule has 0 radical (unpaired) electrons. The van der Waals surface area contributed by atoms with Crippen molar-refractivity contribution in [2.75, 3.05) is 13.1 Å². The SMILES string of the molecule is CC1(C)OB(c2cnn([C@H]3CCCNC3)c2)OC1(C)C. The van der Waals surface area contributed by atoms with Crippen LogP contribution in [0, 0.1) is 0 Å². The van der Waals surface area contributed by atoms with Crippen LogP contribution in [0.3, 0.4) is 0 Å². The summed E-state index contributed by atoms with van der Waals surface area (Å²) in [5, 5.41) is 7.91. The Bertz CT molecular complexity index is 465. The molecule has 1 atom stereocenters. The Hall–Kier alpha value is -0.845. The van der Waals surface area contributed by atoms with Crippen molar-refractivity contribution < 1.29 is 9.31 Å². The van der Waals surface area contributed by atoms with Crippen LogP contribution in [0.5, 0.6) is 0 Å². The van der Waals surface area contributed by atoms with E-state index in [1.165, 1.54) is 12.8 Å². The summed E-state index contributed by atoms with van der Waals surface area (Å²) >= 11 is 0. The molecule has 1 N–H and O–H groups in total. The maximum Gasteiger partial charge on any atom is 0.498 e. The Balaban J connectivity index is 1.74. The molecule has 110 valence electrons. The molecule has 0 amide bonds. The van der Waals surface area contributed by atoms with E-state index in [-0.39, 0.29) is 18.3 Å². The molecular weight excluding hydrogens is 253 g/mol.